The number of esters is 1. The molecule has 3 aromatic rings. The van der Waals surface area contributed by atoms with Crippen LogP contribution >= 0.6 is 23.1 Å². The smallest absolute Gasteiger partial charge is 0.341 e. The summed E-state index contributed by atoms with van der Waals surface area (Å²) < 4.78 is 5.29. The molecule has 156 valence electrons. The molecule has 0 aliphatic carbocycles. The molecule has 0 saturated heterocycles. The number of amides is 1. The second-order valence-corrected chi connectivity index (χ2v) is 8.97. The summed E-state index contributed by atoms with van der Waals surface area (Å²) in [4.78, 5) is 26.3. The van der Waals surface area contributed by atoms with Crippen LogP contribution in [0.2, 0.25) is 0 Å². The first kappa shape index (κ1) is 22.1. The van der Waals surface area contributed by atoms with Crippen molar-refractivity contribution in [2.75, 3.05) is 17.7 Å². The van der Waals surface area contributed by atoms with Gasteiger partial charge < -0.3 is 10.1 Å². The Morgan fingerprint density at radius 3 is 2.37 bits per heavy atom. The van der Waals surface area contributed by atoms with Gasteiger partial charge in [-0.1, -0.05) is 41.5 Å². The number of carbonyl (C=O) groups excluding carboxylic acids is 2. The molecule has 1 amide bonds. The lowest BCUT2D eigenvalue weighted by atomic mass is 9.97. The molecule has 2 aromatic carbocycles. The highest BCUT2D eigenvalue weighted by Crippen LogP contribution is 2.38. The van der Waals surface area contributed by atoms with Gasteiger partial charge in [0.2, 0.25) is 5.91 Å². The van der Waals surface area contributed by atoms with Crippen LogP contribution in [0.25, 0.3) is 11.1 Å². The Morgan fingerprint density at radius 2 is 1.70 bits per heavy atom. The van der Waals surface area contributed by atoms with E-state index in [4.69, 9.17) is 4.74 Å². The summed E-state index contributed by atoms with van der Waals surface area (Å²) in [5.74, 6) is -0.308. The lowest BCUT2D eigenvalue weighted by Gasteiger charge is -2.11. The van der Waals surface area contributed by atoms with Crippen molar-refractivity contribution in [1.29, 1.82) is 0 Å². The van der Waals surface area contributed by atoms with Crippen molar-refractivity contribution in [2.45, 2.75) is 32.6 Å². The molecular weight excluding hydrogens is 414 g/mol. The number of aryl methyl sites for hydroxylation is 3. The number of thioether (sulfide) groups is 1. The van der Waals surface area contributed by atoms with Crippen LogP contribution in [-0.4, -0.2) is 24.2 Å². The number of rotatable bonds is 7. The van der Waals surface area contributed by atoms with Crippen LogP contribution in [0.5, 0.6) is 0 Å². The molecule has 0 radical (unpaired) electrons. The van der Waals surface area contributed by atoms with E-state index in [1.807, 2.05) is 62.5 Å². The maximum atomic E-state index is 12.7. The van der Waals surface area contributed by atoms with Crippen LogP contribution in [0, 0.1) is 20.8 Å². The van der Waals surface area contributed by atoms with Gasteiger partial charge in [0.05, 0.1) is 12.4 Å². The molecule has 6 heteroatoms. The number of nitrogens with one attached hydrogen (secondary N) is 1. The summed E-state index contributed by atoms with van der Waals surface area (Å²) >= 11 is 2.81. The SMILES string of the molecule is CCOC(=O)c1c(-c2ccc(C)cc2C)csc1NC(=O)CSc1ccc(C)cc1. The van der Waals surface area contributed by atoms with Crippen molar-refractivity contribution in [3.05, 3.63) is 70.1 Å². The minimum atomic E-state index is -0.421. The fourth-order valence-electron chi connectivity index (χ4n) is 3.12. The molecule has 0 unspecified atom stereocenters. The Morgan fingerprint density at radius 1 is 1.00 bits per heavy atom. The third-order valence-electron chi connectivity index (χ3n) is 4.59. The number of benzene rings is 2. The standard InChI is InChI=1S/C24H25NO3S2/c1-5-28-24(27)22-20(19-11-8-16(3)12-17(19)4)13-30-23(22)25-21(26)14-29-18-9-6-15(2)7-10-18/h6-13H,5,14H2,1-4H3,(H,25,26). The quantitative estimate of drug-likeness (QED) is 0.349. The Hall–Kier alpha value is -2.57. The van der Waals surface area contributed by atoms with Crippen molar-refractivity contribution in [1.82, 2.24) is 0 Å². The minimum absolute atomic E-state index is 0.153. The molecule has 0 bridgehead atoms. The second-order valence-electron chi connectivity index (χ2n) is 7.04. The van der Waals surface area contributed by atoms with Crippen molar-refractivity contribution in [3.8, 4) is 11.1 Å². The van der Waals surface area contributed by atoms with E-state index in [0.29, 0.717) is 10.6 Å². The van der Waals surface area contributed by atoms with E-state index in [1.165, 1.54) is 28.7 Å². The first-order valence-corrected chi connectivity index (χ1v) is 11.6. The summed E-state index contributed by atoms with van der Waals surface area (Å²) in [7, 11) is 0. The average Bonchev–Trinajstić information content (AvgIpc) is 3.11. The molecule has 1 aromatic heterocycles. The molecule has 3 rings (SSSR count). The van der Waals surface area contributed by atoms with Crippen molar-refractivity contribution >= 4 is 40.0 Å². The molecule has 30 heavy (non-hydrogen) atoms. The van der Waals surface area contributed by atoms with Crippen LogP contribution in [0.3, 0.4) is 0 Å². The van der Waals surface area contributed by atoms with Gasteiger partial charge >= 0.3 is 5.97 Å². The average molecular weight is 440 g/mol. The Balaban J connectivity index is 1.83. The zero-order valence-corrected chi connectivity index (χ0v) is 19.2. The molecule has 0 saturated carbocycles. The van der Waals surface area contributed by atoms with Gasteiger partial charge in [0.25, 0.3) is 0 Å². The van der Waals surface area contributed by atoms with Gasteiger partial charge in [-0.2, -0.15) is 0 Å². The number of ether oxygens (including phenoxy) is 1. The summed E-state index contributed by atoms with van der Waals surface area (Å²) in [6, 6.07) is 14.2. The summed E-state index contributed by atoms with van der Waals surface area (Å²) in [5, 5.41) is 5.35. The Kier molecular flexibility index (Phi) is 7.34. The van der Waals surface area contributed by atoms with Gasteiger partial charge in [0, 0.05) is 15.8 Å². The van der Waals surface area contributed by atoms with E-state index in [2.05, 4.69) is 11.4 Å². The molecule has 0 aliphatic heterocycles. The molecule has 0 aliphatic rings. The predicted octanol–water partition coefficient (Wildman–Crippen LogP) is 6.25. The number of thiophene rings is 1. The van der Waals surface area contributed by atoms with E-state index < -0.39 is 5.97 Å². The van der Waals surface area contributed by atoms with Gasteiger partial charge in [-0.3, -0.25) is 4.79 Å². The van der Waals surface area contributed by atoms with Gasteiger partial charge in [-0.25, -0.2) is 4.79 Å². The summed E-state index contributed by atoms with van der Waals surface area (Å²) in [6.45, 7) is 8.14. The van der Waals surface area contributed by atoms with Gasteiger partial charge in [0.15, 0.2) is 0 Å². The monoisotopic (exact) mass is 439 g/mol. The van der Waals surface area contributed by atoms with E-state index in [-0.39, 0.29) is 18.3 Å². The Labute approximate surface area is 185 Å². The fourth-order valence-corrected chi connectivity index (χ4v) is 4.78. The summed E-state index contributed by atoms with van der Waals surface area (Å²) in [5.41, 5.74) is 5.59. The lowest BCUT2D eigenvalue weighted by Crippen LogP contribution is -2.16. The number of hydrogen-bond acceptors (Lipinski definition) is 5. The van der Waals surface area contributed by atoms with E-state index in [1.54, 1.807) is 6.92 Å². The Bertz CT molecular complexity index is 1050. The topological polar surface area (TPSA) is 55.4 Å². The highest BCUT2D eigenvalue weighted by molar-refractivity contribution is 8.00. The van der Waals surface area contributed by atoms with Crippen LogP contribution in [-0.2, 0) is 9.53 Å². The van der Waals surface area contributed by atoms with Gasteiger partial charge in [-0.05, 0) is 51.0 Å². The van der Waals surface area contributed by atoms with E-state index in [0.717, 1.165) is 27.1 Å². The predicted molar refractivity (Wildman–Crippen MR) is 126 cm³/mol. The normalized spacial score (nSPS) is 10.7. The van der Waals surface area contributed by atoms with Crippen LogP contribution in [0.15, 0.2) is 52.7 Å². The number of carbonyl (C=O) groups is 2. The van der Waals surface area contributed by atoms with E-state index in [9.17, 15) is 9.59 Å². The zero-order chi connectivity index (χ0) is 21.7. The second kappa shape index (κ2) is 9.96. The molecule has 0 atom stereocenters. The van der Waals surface area contributed by atoms with Crippen molar-refractivity contribution in [2.24, 2.45) is 0 Å². The molecular formula is C24H25NO3S2. The van der Waals surface area contributed by atoms with Gasteiger partial charge in [0.1, 0.15) is 10.6 Å². The highest BCUT2D eigenvalue weighted by atomic mass is 32.2. The largest absolute Gasteiger partial charge is 0.462 e. The highest BCUT2D eigenvalue weighted by Gasteiger charge is 2.23. The van der Waals surface area contributed by atoms with E-state index >= 15 is 0 Å². The molecule has 0 fully saturated rings. The fraction of sp³-hybridized carbons (Fsp3) is 0.250. The van der Waals surface area contributed by atoms with Crippen LogP contribution in [0.4, 0.5) is 5.00 Å². The zero-order valence-electron chi connectivity index (χ0n) is 17.6. The first-order chi connectivity index (χ1) is 14.4. The maximum absolute atomic E-state index is 12.7. The molecule has 1 N–H and O–H groups in total. The molecule has 1 heterocycles. The molecule has 0 spiro atoms. The minimum Gasteiger partial charge on any atom is -0.462 e. The molecule has 4 nitrogen and oxygen atoms in total. The number of hydrogen-bond donors (Lipinski definition) is 1. The maximum Gasteiger partial charge on any atom is 0.341 e. The third-order valence-corrected chi connectivity index (χ3v) is 6.49. The third kappa shape index (κ3) is 5.32. The van der Waals surface area contributed by atoms with Crippen LogP contribution in [0.1, 0.15) is 34.0 Å². The lowest BCUT2D eigenvalue weighted by molar-refractivity contribution is -0.113. The van der Waals surface area contributed by atoms with Gasteiger partial charge in [-0.15, -0.1) is 23.1 Å². The van der Waals surface area contributed by atoms with Crippen molar-refractivity contribution in [3.63, 3.8) is 0 Å². The number of anilines is 1. The summed E-state index contributed by atoms with van der Waals surface area (Å²) in [6.07, 6.45) is 0. The van der Waals surface area contributed by atoms with Crippen LogP contribution < -0.4 is 5.32 Å². The van der Waals surface area contributed by atoms with Crippen molar-refractivity contribution < 1.29 is 14.3 Å². The first-order valence-electron chi connectivity index (χ1n) is 9.74.